The molecular formula is C12H18ClN3O2. The number of carbonyl (C=O) groups excluding carboxylic acids is 1. The Kier molecular flexibility index (Phi) is 4.65. The summed E-state index contributed by atoms with van der Waals surface area (Å²) in [6.07, 6.45) is 1.43. The number of carbonyl (C=O) groups is 1. The number of nitrogens with one attached hydrogen (secondary N) is 1. The molecule has 0 spiro atoms. The fourth-order valence-corrected chi connectivity index (χ4v) is 1.24. The second kappa shape index (κ2) is 5.63. The molecule has 1 rings (SSSR count). The second-order valence-electron chi connectivity index (χ2n) is 5.23. The average Bonchev–Trinajstić information content (AvgIpc) is 2.25. The molecule has 18 heavy (non-hydrogen) atoms. The van der Waals surface area contributed by atoms with Crippen molar-refractivity contribution >= 4 is 17.5 Å². The minimum absolute atomic E-state index is 0.123. The summed E-state index contributed by atoms with van der Waals surface area (Å²) >= 11 is 5.90. The highest BCUT2D eigenvalue weighted by Crippen LogP contribution is 2.16. The molecule has 0 aliphatic heterocycles. The van der Waals surface area contributed by atoms with Crippen molar-refractivity contribution in [2.45, 2.75) is 46.1 Å². The summed E-state index contributed by atoms with van der Waals surface area (Å²) in [6.45, 7) is 9.37. The number of aromatic nitrogens is 2. The maximum atomic E-state index is 11.9. The van der Waals surface area contributed by atoms with E-state index in [4.69, 9.17) is 16.4 Å². The molecule has 1 N–H and O–H groups in total. The first-order valence-electron chi connectivity index (χ1n) is 5.71. The summed E-state index contributed by atoms with van der Waals surface area (Å²) in [5.41, 5.74) is 1.98. The SMILES string of the molecule is CC(C)c1ncc(Cl)c(C(=O)NOC(C)(C)C)n1. The third kappa shape index (κ3) is 4.23. The van der Waals surface area contributed by atoms with Gasteiger partial charge in [0.2, 0.25) is 0 Å². The molecule has 0 radical (unpaired) electrons. The molecule has 0 aliphatic rings. The van der Waals surface area contributed by atoms with Crippen molar-refractivity contribution in [3.8, 4) is 0 Å². The van der Waals surface area contributed by atoms with Crippen LogP contribution in [0.15, 0.2) is 6.20 Å². The maximum absolute atomic E-state index is 11.9. The molecule has 1 aromatic rings. The van der Waals surface area contributed by atoms with Gasteiger partial charge >= 0.3 is 0 Å². The molecule has 100 valence electrons. The predicted molar refractivity (Wildman–Crippen MR) is 69.4 cm³/mol. The van der Waals surface area contributed by atoms with Gasteiger partial charge in [-0.3, -0.25) is 9.63 Å². The standard InChI is InChI=1S/C12H18ClN3O2/c1-7(2)10-14-6-8(13)9(15-10)11(17)16-18-12(3,4)5/h6-7H,1-5H3,(H,16,17). The molecule has 1 heterocycles. The number of rotatable bonds is 3. The quantitative estimate of drug-likeness (QED) is 0.859. The summed E-state index contributed by atoms with van der Waals surface area (Å²) in [6, 6.07) is 0. The first-order valence-corrected chi connectivity index (χ1v) is 6.09. The van der Waals surface area contributed by atoms with Crippen molar-refractivity contribution < 1.29 is 9.63 Å². The van der Waals surface area contributed by atoms with Crippen LogP contribution in [0.5, 0.6) is 0 Å². The van der Waals surface area contributed by atoms with Crippen LogP contribution in [-0.4, -0.2) is 21.5 Å². The average molecular weight is 272 g/mol. The molecule has 6 heteroatoms. The minimum Gasteiger partial charge on any atom is -0.268 e. The van der Waals surface area contributed by atoms with Crippen molar-refractivity contribution in [2.24, 2.45) is 0 Å². The predicted octanol–water partition coefficient (Wildman–Crippen LogP) is 2.71. The van der Waals surface area contributed by atoms with Crippen LogP contribution < -0.4 is 5.48 Å². The Morgan fingerprint density at radius 3 is 2.56 bits per heavy atom. The highest BCUT2D eigenvalue weighted by Gasteiger charge is 2.18. The van der Waals surface area contributed by atoms with Crippen LogP contribution in [0.2, 0.25) is 5.02 Å². The second-order valence-corrected chi connectivity index (χ2v) is 5.63. The topological polar surface area (TPSA) is 64.1 Å². The summed E-state index contributed by atoms with van der Waals surface area (Å²) in [7, 11) is 0. The molecule has 1 amide bonds. The number of hydrogen-bond acceptors (Lipinski definition) is 4. The molecule has 0 aliphatic carbocycles. The van der Waals surface area contributed by atoms with Gasteiger partial charge in [0.15, 0.2) is 5.69 Å². The smallest absolute Gasteiger partial charge is 0.268 e. The van der Waals surface area contributed by atoms with Gasteiger partial charge in [-0.15, -0.1) is 0 Å². The van der Waals surface area contributed by atoms with E-state index in [2.05, 4.69) is 15.4 Å². The highest BCUT2D eigenvalue weighted by atomic mass is 35.5. The summed E-state index contributed by atoms with van der Waals surface area (Å²) in [5, 5.41) is 0.203. The Bertz CT molecular complexity index is 441. The van der Waals surface area contributed by atoms with E-state index in [0.29, 0.717) is 5.82 Å². The lowest BCUT2D eigenvalue weighted by atomic mass is 10.2. The normalized spacial score (nSPS) is 11.7. The van der Waals surface area contributed by atoms with Crippen LogP contribution in [0.25, 0.3) is 0 Å². The third-order valence-corrected chi connectivity index (χ3v) is 2.22. The zero-order valence-corrected chi connectivity index (χ0v) is 12.0. The van der Waals surface area contributed by atoms with Crippen LogP contribution >= 0.6 is 11.6 Å². The van der Waals surface area contributed by atoms with Crippen molar-refractivity contribution in [1.82, 2.24) is 15.4 Å². The first kappa shape index (κ1) is 14.9. The largest absolute Gasteiger partial charge is 0.295 e. The van der Waals surface area contributed by atoms with E-state index in [1.165, 1.54) is 6.20 Å². The van der Waals surface area contributed by atoms with E-state index in [9.17, 15) is 4.79 Å². The minimum atomic E-state index is -0.476. The molecule has 5 nitrogen and oxygen atoms in total. The van der Waals surface area contributed by atoms with E-state index < -0.39 is 11.5 Å². The lowest BCUT2D eigenvalue weighted by Gasteiger charge is -2.19. The van der Waals surface area contributed by atoms with Crippen molar-refractivity contribution in [3.05, 3.63) is 22.7 Å². The fraction of sp³-hybridized carbons (Fsp3) is 0.583. The molecule has 0 saturated heterocycles. The van der Waals surface area contributed by atoms with Gasteiger partial charge in [-0.1, -0.05) is 25.4 Å². The third-order valence-electron chi connectivity index (χ3n) is 1.94. The monoisotopic (exact) mass is 271 g/mol. The van der Waals surface area contributed by atoms with E-state index >= 15 is 0 Å². The van der Waals surface area contributed by atoms with Crippen molar-refractivity contribution in [3.63, 3.8) is 0 Å². The highest BCUT2D eigenvalue weighted by molar-refractivity contribution is 6.33. The first-order chi connectivity index (χ1) is 8.20. The molecule has 0 unspecified atom stereocenters. The molecule has 0 fully saturated rings. The van der Waals surface area contributed by atoms with Gasteiger partial charge in [-0.25, -0.2) is 15.4 Å². The summed E-state index contributed by atoms with van der Waals surface area (Å²) < 4.78 is 0. The lowest BCUT2D eigenvalue weighted by Crippen LogP contribution is -2.34. The van der Waals surface area contributed by atoms with E-state index in [-0.39, 0.29) is 16.6 Å². The molecule has 0 aromatic carbocycles. The fourth-order valence-electron chi connectivity index (χ4n) is 1.07. The molecule has 0 saturated carbocycles. The van der Waals surface area contributed by atoms with Gasteiger partial charge in [-0.2, -0.15) is 0 Å². The molecular weight excluding hydrogens is 254 g/mol. The Hall–Kier alpha value is -1.20. The Labute approximate surface area is 112 Å². The Balaban J connectivity index is 2.88. The number of hydroxylamine groups is 1. The van der Waals surface area contributed by atoms with Crippen LogP contribution in [0.1, 0.15) is 56.8 Å². The van der Waals surface area contributed by atoms with Crippen LogP contribution in [0.4, 0.5) is 0 Å². The van der Waals surface area contributed by atoms with Crippen molar-refractivity contribution in [2.75, 3.05) is 0 Å². The van der Waals surface area contributed by atoms with Crippen LogP contribution in [-0.2, 0) is 4.84 Å². The van der Waals surface area contributed by atoms with Gasteiger partial charge in [0.05, 0.1) is 16.8 Å². The number of hydrogen-bond donors (Lipinski definition) is 1. The number of amides is 1. The zero-order valence-electron chi connectivity index (χ0n) is 11.2. The van der Waals surface area contributed by atoms with Gasteiger partial charge in [0.25, 0.3) is 5.91 Å². The van der Waals surface area contributed by atoms with E-state index in [1.807, 2.05) is 34.6 Å². The van der Waals surface area contributed by atoms with Gasteiger partial charge < -0.3 is 0 Å². The summed E-state index contributed by atoms with van der Waals surface area (Å²) in [5.74, 6) is 0.219. The molecule has 0 bridgehead atoms. The Morgan fingerprint density at radius 1 is 1.44 bits per heavy atom. The number of halogens is 1. The van der Waals surface area contributed by atoms with Gasteiger partial charge in [0, 0.05) is 5.92 Å². The zero-order chi connectivity index (χ0) is 13.9. The van der Waals surface area contributed by atoms with E-state index in [0.717, 1.165) is 0 Å². The maximum Gasteiger partial charge on any atom is 0.295 e. The van der Waals surface area contributed by atoms with Crippen LogP contribution in [0.3, 0.4) is 0 Å². The van der Waals surface area contributed by atoms with Crippen LogP contribution in [0, 0.1) is 0 Å². The lowest BCUT2D eigenvalue weighted by molar-refractivity contribution is -0.0591. The van der Waals surface area contributed by atoms with E-state index in [1.54, 1.807) is 0 Å². The number of nitrogens with zero attached hydrogens (tertiary/aromatic N) is 2. The van der Waals surface area contributed by atoms with Gasteiger partial charge in [-0.05, 0) is 20.8 Å². The van der Waals surface area contributed by atoms with Crippen molar-refractivity contribution in [1.29, 1.82) is 0 Å². The summed E-state index contributed by atoms with van der Waals surface area (Å²) in [4.78, 5) is 25.3. The molecule has 0 atom stereocenters. The van der Waals surface area contributed by atoms with Gasteiger partial charge in [0.1, 0.15) is 5.82 Å². The molecule has 1 aromatic heterocycles. The Morgan fingerprint density at radius 2 is 2.06 bits per heavy atom.